The second-order valence-corrected chi connectivity index (χ2v) is 5.93. The lowest BCUT2D eigenvalue weighted by atomic mass is 10.1. The summed E-state index contributed by atoms with van der Waals surface area (Å²) in [6.07, 6.45) is -3.07. The summed E-state index contributed by atoms with van der Waals surface area (Å²) in [5, 5.41) is 3.62. The van der Waals surface area contributed by atoms with Crippen LogP contribution in [0.5, 0.6) is 0 Å². The smallest absolute Gasteiger partial charge is 0.324 e. The molecule has 5 nitrogen and oxygen atoms in total. The number of nitrogens with two attached hydrogens (primary N) is 1. The standard InChI is InChI=1S/C14H17F3N4O.ClH/c1-13(2,18)8-21-10(6-11(19-21)14(15,16)17)9-4-5-12(22)20(3)7-9;/h4-7H,8,18H2,1-3H3;1H. The van der Waals surface area contributed by atoms with E-state index in [9.17, 15) is 18.0 Å². The highest BCUT2D eigenvalue weighted by atomic mass is 35.5. The first-order chi connectivity index (χ1) is 9.97. The number of pyridine rings is 1. The van der Waals surface area contributed by atoms with Crippen LogP contribution < -0.4 is 11.3 Å². The molecule has 2 aromatic heterocycles. The van der Waals surface area contributed by atoms with Gasteiger partial charge in [0, 0.05) is 30.4 Å². The van der Waals surface area contributed by atoms with Crippen LogP contribution in [0.3, 0.4) is 0 Å². The number of halogens is 4. The Morgan fingerprint density at radius 1 is 1.26 bits per heavy atom. The van der Waals surface area contributed by atoms with Gasteiger partial charge in [0.1, 0.15) is 0 Å². The Bertz CT molecular complexity index is 744. The molecule has 128 valence electrons. The topological polar surface area (TPSA) is 65.8 Å². The molecule has 0 saturated carbocycles. The van der Waals surface area contributed by atoms with Crippen LogP contribution >= 0.6 is 12.4 Å². The van der Waals surface area contributed by atoms with E-state index >= 15 is 0 Å². The van der Waals surface area contributed by atoms with Crippen molar-refractivity contribution in [2.24, 2.45) is 12.8 Å². The van der Waals surface area contributed by atoms with E-state index in [1.807, 2.05) is 0 Å². The monoisotopic (exact) mass is 350 g/mol. The normalized spacial score (nSPS) is 12.1. The van der Waals surface area contributed by atoms with Gasteiger partial charge in [-0.05, 0) is 26.0 Å². The average molecular weight is 351 g/mol. The van der Waals surface area contributed by atoms with Crippen molar-refractivity contribution in [3.05, 3.63) is 40.4 Å². The van der Waals surface area contributed by atoms with Gasteiger partial charge < -0.3 is 10.3 Å². The van der Waals surface area contributed by atoms with Gasteiger partial charge in [0.2, 0.25) is 5.56 Å². The Morgan fingerprint density at radius 3 is 2.35 bits per heavy atom. The molecular formula is C14H18ClF3N4O. The van der Waals surface area contributed by atoms with Gasteiger partial charge in [0.05, 0.1) is 12.2 Å². The molecule has 2 N–H and O–H groups in total. The summed E-state index contributed by atoms with van der Waals surface area (Å²) in [6, 6.07) is 3.73. The van der Waals surface area contributed by atoms with Gasteiger partial charge in [-0.15, -0.1) is 12.4 Å². The fourth-order valence-electron chi connectivity index (χ4n) is 2.04. The number of nitrogens with zero attached hydrogens (tertiary/aromatic N) is 3. The zero-order valence-corrected chi connectivity index (χ0v) is 13.7. The lowest BCUT2D eigenvalue weighted by molar-refractivity contribution is -0.141. The number of hydrogen-bond donors (Lipinski definition) is 1. The minimum absolute atomic E-state index is 0. The predicted molar refractivity (Wildman–Crippen MR) is 83.4 cm³/mol. The van der Waals surface area contributed by atoms with Crippen molar-refractivity contribution in [2.75, 3.05) is 0 Å². The molecular weight excluding hydrogens is 333 g/mol. The third-order valence-electron chi connectivity index (χ3n) is 3.01. The van der Waals surface area contributed by atoms with Gasteiger partial charge >= 0.3 is 6.18 Å². The van der Waals surface area contributed by atoms with E-state index in [2.05, 4.69) is 5.10 Å². The number of aryl methyl sites for hydroxylation is 1. The van der Waals surface area contributed by atoms with E-state index in [-0.39, 0.29) is 30.2 Å². The first kappa shape index (κ1) is 19.2. The highest BCUT2D eigenvalue weighted by Gasteiger charge is 2.35. The van der Waals surface area contributed by atoms with Crippen molar-refractivity contribution in [3.63, 3.8) is 0 Å². The Balaban J connectivity index is 0.00000264. The fraction of sp³-hybridized carbons (Fsp3) is 0.429. The van der Waals surface area contributed by atoms with Gasteiger partial charge in [-0.1, -0.05) is 0 Å². The SMILES string of the molecule is Cl.Cn1cc(-c2cc(C(F)(F)F)nn2CC(C)(C)N)ccc1=O. The van der Waals surface area contributed by atoms with Gasteiger partial charge in [-0.25, -0.2) is 0 Å². The summed E-state index contributed by atoms with van der Waals surface area (Å²) in [5.74, 6) is 0. The molecule has 23 heavy (non-hydrogen) atoms. The van der Waals surface area contributed by atoms with Crippen LogP contribution in [0.2, 0.25) is 0 Å². The van der Waals surface area contributed by atoms with E-state index in [1.165, 1.54) is 34.6 Å². The Kier molecular flexibility index (Phi) is 5.33. The van der Waals surface area contributed by atoms with Crippen molar-refractivity contribution >= 4 is 12.4 Å². The maximum Gasteiger partial charge on any atom is 0.435 e. The highest BCUT2D eigenvalue weighted by Crippen LogP contribution is 2.32. The van der Waals surface area contributed by atoms with E-state index in [1.54, 1.807) is 13.8 Å². The second kappa shape index (κ2) is 6.37. The van der Waals surface area contributed by atoms with Gasteiger partial charge in [0.25, 0.3) is 0 Å². The number of hydrogen-bond acceptors (Lipinski definition) is 3. The second-order valence-electron chi connectivity index (χ2n) is 5.93. The summed E-state index contributed by atoms with van der Waals surface area (Å²) in [7, 11) is 1.53. The van der Waals surface area contributed by atoms with Gasteiger partial charge in [-0.2, -0.15) is 18.3 Å². The molecule has 0 aliphatic heterocycles. The molecule has 0 aromatic carbocycles. The quantitative estimate of drug-likeness (QED) is 0.924. The zero-order chi connectivity index (χ0) is 16.7. The van der Waals surface area contributed by atoms with Crippen LogP contribution in [0.15, 0.2) is 29.2 Å². The zero-order valence-electron chi connectivity index (χ0n) is 12.9. The largest absolute Gasteiger partial charge is 0.435 e. The maximum atomic E-state index is 12.9. The molecule has 0 radical (unpaired) electrons. The number of aromatic nitrogens is 3. The molecule has 0 aliphatic rings. The van der Waals surface area contributed by atoms with Crippen LogP contribution in [-0.4, -0.2) is 19.9 Å². The summed E-state index contributed by atoms with van der Waals surface area (Å²) in [6.45, 7) is 3.51. The first-order valence-corrected chi connectivity index (χ1v) is 6.58. The minimum Gasteiger partial charge on any atom is -0.324 e. The van der Waals surface area contributed by atoms with Crippen molar-refractivity contribution in [2.45, 2.75) is 32.1 Å². The molecule has 0 amide bonds. The number of rotatable bonds is 3. The molecule has 2 rings (SSSR count). The molecule has 9 heteroatoms. The van der Waals surface area contributed by atoms with E-state index in [4.69, 9.17) is 5.73 Å². The molecule has 0 unspecified atom stereocenters. The lowest BCUT2D eigenvalue weighted by Gasteiger charge is -2.20. The van der Waals surface area contributed by atoms with Crippen LogP contribution in [0.4, 0.5) is 13.2 Å². The molecule has 0 fully saturated rings. The van der Waals surface area contributed by atoms with Crippen LogP contribution in [0.25, 0.3) is 11.3 Å². The summed E-state index contributed by atoms with van der Waals surface area (Å²) < 4.78 is 41.3. The maximum absolute atomic E-state index is 12.9. The summed E-state index contributed by atoms with van der Waals surface area (Å²) >= 11 is 0. The van der Waals surface area contributed by atoms with Crippen molar-refractivity contribution < 1.29 is 13.2 Å². The number of alkyl halides is 3. The Labute approximate surface area is 137 Å². The molecule has 0 aliphatic carbocycles. The Morgan fingerprint density at radius 2 is 1.87 bits per heavy atom. The third kappa shape index (κ3) is 4.59. The van der Waals surface area contributed by atoms with E-state index in [0.29, 0.717) is 5.56 Å². The van der Waals surface area contributed by atoms with Crippen LogP contribution in [0, 0.1) is 0 Å². The third-order valence-corrected chi connectivity index (χ3v) is 3.01. The first-order valence-electron chi connectivity index (χ1n) is 6.58. The molecule has 0 saturated heterocycles. The summed E-state index contributed by atoms with van der Waals surface area (Å²) in [4.78, 5) is 11.4. The average Bonchev–Trinajstić information content (AvgIpc) is 2.74. The van der Waals surface area contributed by atoms with Crippen LogP contribution in [0.1, 0.15) is 19.5 Å². The van der Waals surface area contributed by atoms with Crippen LogP contribution in [-0.2, 0) is 19.8 Å². The molecule has 0 atom stereocenters. The van der Waals surface area contributed by atoms with Crippen molar-refractivity contribution in [1.82, 2.24) is 14.3 Å². The molecule has 2 heterocycles. The van der Waals surface area contributed by atoms with Crippen molar-refractivity contribution in [1.29, 1.82) is 0 Å². The van der Waals surface area contributed by atoms with E-state index < -0.39 is 17.4 Å². The van der Waals surface area contributed by atoms with E-state index in [0.717, 1.165) is 6.07 Å². The van der Waals surface area contributed by atoms with Gasteiger partial charge in [0.15, 0.2) is 5.69 Å². The lowest BCUT2D eigenvalue weighted by Crippen LogP contribution is -2.37. The minimum atomic E-state index is -4.54. The molecule has 0 bridgehead atoms. The summed E-state index contributed by atoms with van der Waals surface area (Å²) in [5.41, 5.74) is 4.66. The van der Waals surface area contributed by atoms with Gasteiger partial charge in [-0.3, -0.25) is 9.48 Å². The van der Waals surface area contributed by atoms with Crippen molar-refractivity contribution in [3.8, 4) is 11.3 Å². The Hall–Kier alpha value is -1.80. The predicted octanol–water partition coefficient (Wildman–Crippen LogP) is 2.43. The molecule has 0 spiro atoms. The molecule has 2 aromatic rings. The fourth-order valence-corrected chi connectivity index (χ4v) is 2.04. The highest BCUT2D eigenvalue weighted by molar-refractivity contribution is 5.85.